The molecule has 0 fully saturated rings. The maximum Gasteiger partial charge on any atom is 0.143 e. The Morgan fingerprint density at radius 1 is 1.05 bits per heavy atom. The molecule has 1 atom stereocenters. The van der Waals surface area contributed by atoms with E-state index in [2.05, 4.69) is 0 Å². The van der Waals surface area contributed by atoms with Gasteiger partial charge in [0.05, 0.1) is 6.10 Å². The van der Waals surface area contributed by atoms with Crippen LogP contribution in [0.5, 0.6) is 0 Å². The van der Waals surface area contributed by atoms with Gasteiger partial charge in [0, 0.05) is 18.1 Å². The standard InChI is InChI=1S/C16H19O2P/c1-14(17)12-13-19(18,15-8-4-2-5-9-15)16-10-6-3-7-11-16/h2-11,14,17H,12-13H2,1H3/i1D. The molecule has 0 radical (unpaired) electrons. The third kappa shape index (κ3) is 3.34. The summed E-state index contributed by atoms with van der Waals surface area (Å²) in [6.45, 7) is -0.0520. The molecule has 0 spiro atoms. The lowest BCUT2D eigenvalue weighted by Crippen LogP contribution is -2.20. The van der Waals surface area contributed by atoms with E-state index >= 15 is 0 Å². The number of aliphatic hydroxyl groups excluding tert-OH is 1. The van der Waals surface area contributed by atoms with Crippen LogP contribution in [0.3, 0.4) is 0 Å². The van der Waals surface area contributed by atoms with E-state index in [0.29, 0.717) is 12.6 Å². The molecule has 1 N–H and O–H groups in total. The van der Waals surface area contributed by atoms with Crippen LogP contribution in [-0.2, 0) is 4.57 Å². The van der Waals surface area contributed by atoms with Crippen molar-refractivity contribution in [1.29, 1.82) is 0 Å². The van der Waals surface area contributed by atoms with Gasteiger partial charge in [0.1, 0.15) is 7.14 Å². The van der Waals surface area contributed by atoms with E-state index in [0.717, 1.165) is 10.6 Å². The smallest absolute Gasteiger partial charge is 0.143 e. The molecule has 1 unspecified atom stereocenters. The number of aliphatic hydroxyl groups is 1. The SMILES string of the molecule is [2H]CC(O)CCP(=O)(c1ccccc1)c1ccccc1. The first-order chi connectivity index (χ1) is 9.66. The Hall–Kier alpha value is -1.37. The van der Waals surface area contributed by atoms with Crippen LogP contribution in [0.4, 0.5) is 0 Å². The van der Waals surface area contributed by atoms with E-state index in [9.17, 15) is 9.67 Å². The maximum atomic E-state index is 13.5. The second-order valence-corrected chi connectivity index (χ2v) is 7.54. The minimum absolute atomic E-state index is 0.0520. The molecule has 0 aromatic heterocycles. The van der Waals surface area contributed by atoms with E-state index in [-0.39, 0.29) is 6.90 Å². The van der Waals surface area contributed by atoms with Crippen molar-refractivity contribution < 1.29 is 11.0 Å². The van der Waals surface area contributed by atoms with Crippen molar-refractivity contribution in [3.63, 3.8) is 0 Å². The normalized spacial score (nSPS) is 13.8. The van der Waals surface area contributed by atoms with Crippen LogP contribution in [0.1, 0.15) is 14.7 Å². The average molecular weight is 275 g/mol. The number of hydrogen-bond donors (Lipinski definition) is 1. The summed E-state index contributed by atoms with van der Waals surface area (Å²) >= 11 is 0. The van der Waals surface area contributed by atoms with Crippen LogP contribution in [-0.4, -0.2) is 17.4 Å². The zero-order chi connectivity index (χ0) is 14.4. The van der Waals surface area contributed by atoms with Crippen LogP contribution in [0.15, 0.2) is 60.7 Å². The fourth-order valence-corrected chi connectivity index (χ4v) is 4.86. The van der Waals surface area contributed by atoms with Crippen molar-refractivity contribution in [3.05, 3.63) is 60.7 Å². The minimum atomic E-state index is -2.73. The largest absolute Gasteiger partial charge is 0.393 e. The van der Waals surface area contributed by atoms with Crippen LogP contribution in [0.25, 0.3) is 0 Å². The van der Waals surface area contributed by atoms with E-state index in [4.69, 9.17) is 1.37 Å². The molecule has 0 amide bonds. The predicted octanol–water partition coefficient (Wildman–Crippen LogP) is 2.77. The van der Waals surface area contributed by atoms with Gasteiger partial charge in [-0.15, -0.1) is 0 Å². The van der Waals surface area contributed by atoms with Gasteiger partial charge in [-0.1, -0.05) is 60.7 Å². The molecule has 3 heteroatoms. The molecule has 0 aliphatic carbocycles. The summed E-state index contributed by atoms with van der Waals surface area (Å²) in [5.74, 6) is 0. The average Bonchev–Trinajstić information content (AvgIpc) is 2.54. The molecule has 0 saturated heterocycles. The monoisotopic (exact) mass is 275 g/mol. The lowest BCUT2D eigenvalue weighted by molar-refractivity contribution is 0.191. The Balaban J connectivity index is 2.37. The summed E-state index contributed by atoms with van der Waals surface area (Å²) in [7, 11) is -2.73. The Morgan fingerprint density at radius 2 is 1.53 bits per heavy atom. The minimum Gasteiger partial charge on any atom is -0.393 e. The molecule has 0 bridgehead atoms. The molecule has 2 aromatic carbocycles. The zero-order valence-electron chi connectivity index (χ0n) is 11.8. The van der Waals surface area contributed by atoms with E-state index in [1.807, 2.05) is 60.7 Å². The topological polar surface area (TPSA) is 37.3 Å². The highest BCUT2D eigenvalue weighted by Crippen LogP contribution is 2.44. The van der Waals surface area contributed by atoms with Gasteiger partial charge in [0.2, 0.25) is 0 Å². The van der Waals surface area contributed by atoms with Crippen molar-refractivity contribution in [2.24, 2.45) is 0 Å². The Kier molecular flexibility index (Phi) is 4.12. The highest BCUT2D eigenvalue weighted by atomic mass is 31.2. The molecular formula is C16H19O2P. The van der Waals surface area contributed by atoms with Crippen molar-refractivity contribution in [2.75, 3.05) is 6.16 Å². The fraction of sp³-hybridized carbons (Fsp3) is 0.250. The second-order valence-electron chi connectivity index (χ2n) is 4.58. The number of hydrogen-bond acceptors (Lipinski definition) is 2. The van der Waals surface area contributed by atoms with Gasteiger partial charge in [-0.3, -0.25) is 0 Å². The van der Waals surface area contributed by atoms with Gasteiger partial charge in [0.25, 0.3) is 0 Å². The van der Waals surface area contributed by atoms with Gasteiger partial charge in [-0.25, -0.2) is 0 Å². The van der Waals surface area contributed by atoms with E-state index in [1.165, 1.54) is 0 Å². The van der Waals surface area contributed by atoms with Crippen LogP contribution >= 0.6 is 7.14 Å². The molecule has 100 valence electrons. The second kappa shape index (κ2) is 6.18. The molecule has 0 heterocycles. The first-order valence-corrected chi connectivity index (χ1v) is 8.23. The van der Waals surface area contributed by atoms with Crippen molar-refractivity contribution in [2.45, 2.75) is 19.4 Å². The Morgan fingerprint density at radius 3 is 1.95 bits per heavy atom. The predicted molar refractivity (Wildman–Crippen MR) is 80.9 cm³/mol. The number of rotatable bonds is 5. The van der Waals surface area contributed by atoms with Crippen molar-refractivity contribution in [1.82, 2.24) is 0 Å². The maximum absolute atomic E-state index is 13.5. The van der Waals surface area contributed by atoms with Gasteiger partial charge in [-0.05, 0) is 13.3 Å². The number of benzene rings is 2. The zero-order valence-corrected chi connectivity index (χ0v) is 11.7. The molecule has 2 aromatic rings. The Bertz CT molecular complexity index is 528. The quantitative estimate of drug-likeness (QED) is 0.852. The molecule has 2 rings (SSSR count). The Labute approximate surface area is 115 Å². The lowest BCUT2D eigenvalue weighted by atomic mass is 10.3. The molecule has 0 aliphatic heterocycles. The summed E-state index contributed by atoms with van der Waals surface area (Å²) in [5, 5.41) is 11.2. The highest BCUT2D eigenvalue weighted by Gasteiger charge is 2.26. The van der Waals surface area contributed by atoms with Crippen LogP contribution in [0, 0.1) is 0 Å². The molecule has 19 heavy (non-hydrogen) atoms. The molecule has 0 saturated carbocycles. The third-order valence-electron chi connectivity index (χ3n) is 3.12. The summed E-state index contributed by atoms with van der Waals surface area (Å²) in [6.07, 6.45) is 0.0572. The van der Waals surface area contributed by atoms with Crippen molar-refractivity contribution in [3.8, 4) is 0 Å². The van der Waals surface area contributed by atoms with Gasteiger partial charge in [0.15, 0.2) is 0 Å². The summed E-state index contributed by atoms with van der Waals surface area (Å²) in [5.41, 5.74) is 0. The summed E-state index contributed by atoms with van der Waals surface area (Å²) in [4.78, 5) is 0. The lowest BCUT2D eigenvalue weighted by Gasteiger charge is -2.20. The first kappa shape index (κ1) is 12.7. The summed E-state index contributed by atoms with van der Waals surface area (Å²) in [6, 6.07) is 18.8. The highest BCUT2D eigenvalue weighted by molar-refractivity contribution is 7.78. The van der Waals surface area contributed by atoms with Gasteiger partial charge < -0.3 is 9.67 Å². The third-order valence-corrected chi connectivity index (χ3v) is 6.28. The van der Waals surface area contributed by atoms with Gasteiger partial charge >= 0.3 is 0 Å². The van der Waals surface area contributed by atoms with Crippen molar-refractivity contribution >= 4 is 17.8 Å². The molecule has 0 aliphatic rings. The first-order valence-electron chi connectivity index (χ1n) is 7.05. The van der Waals surface area contributed by atoms with Crippen LogP contribution < -0.4 is 10.6 Å². The fourth-order valence-electron chi connectivity index (χ4n) is 2.08. The van der Waals surface area contributed by atoms with E-state index < -0.39 is 13.2 Å². The molecular weight excluding hydrogens is 255 g/mol. The van der Waals surface area contributed by atoms with Crippen LogP contribution in [0.2, 0.25) is 0 Å². The molecule has 2 nitrogen and oxygen atoms in total. The van der Waals surface area contributed by atoms with Gasteiger partial charge in [-0.2, -0.15) is 0 Å². The van der Waals surface area contributed by atoms with E-state index in [1.54, 1.807) is 0 Å². The summed E-state index contributed by atoms with van der Waals surface area (Å²) < 4.78 is 20.7.